The quantitative estimate of drug-likeness (QED) is 0.470. The Morgan fingerprint density at radius 2 is 2.43 bits per heavy atom. The number of halogens is 1. The Morgan fingerprint density at radius 3 is 2.57 bits per heavy atom. The van der Waals surface area contributed by atoms with Crippen molar-refractivity contribution in [1.82, 2.24) is 5.32 Å². The van der Waals surface area contributed by atoms with Gasteiger partial charge < -0.3 is 5.32 Å². The van der Waals surface area contributed by atoms with Crippen LogP contribution >= 0.6 is 0 Å². The van der Waals surface area contributed by atoms with Crippen molar-refractivity contribution in [3.63, 3.8) is 0 Å². The number of hydrogen-bond acceptors (Lipinski definition) is 1. The summed E-state index contributed by atoms with van der Waals surface area (Å²) in [5.74, 6) is 0. The molecule has 1 rings (SSSR count). The third-order valence-corrected chi connectivity index (χ3v) is 1.17. The predicted molar refractivity (Wildman–Crippen MR) is 26.7 cm³/mol. The van der Waals surface area contributed by atoms with E-state index in [0.29, 0.717) is 13.0 Å². The Hall–Kier alpha value is -0.110. The summed E-state index contributed by atoms with van der Waals surface area (Å²) < 4.78 is 12.1. The van der Waals surface area contributed by atoms with Crippen molar-refractivity contribution < 1.29 is 4.39 Å². The molecule has 0 aromatic heterocycles. The molecule has 41 valence electrons. The SMILES string of the molecule is [CH2]C1CC(F)CN1. The summed E-state index contributed by atoms with van der Waals surface area (Å²) in [7, 11) is 0. The van der Waals surface area contributed by atoms with Crippen LogP contribution in [0.5, 0.6) is 0 Å². The van der Waals surface area contributed by atoms with Gasteiger partial charge in [-0.2, -0.15) is 0 Å². The first-order valence-electron chi connectivity index (χ1n) is 2.49. The van der Waals surface area contributed by atoms with Crippen molar-refractivity contribution in [2.45, 2.75) is 18.6 Å². The van der Waals surface area contributed by atoms with Crippen LogP contribution in [0.4, 0.5) is 4.39 Å². The highest BCUT2D eigenvalue weighted by Crippen LogP contribution is 2.07. The molecule has 1 radical (unpaired) electrons. The predicted octanol–water partition coefficient (Wildman–Crippen LogP) is 0.520. The fourth-order valence-electron chi connectivity index (χ4n) is 0.770. The summed E-state index contributed by atoms with van der Waals surface area (Å²) in [4.78, 5) is 0. The molecule has 0 amide bonds. The number of rotatable bonds is 0. The minimum absolute atomic E-state index is 0.148. The molecule has 2 unspecified atom stereocenters. The van der Waals surface area contributed by atoms with Gasteiger partial charge in [-0.25, -0.2) is 4.39 Å². The summed E-state index contributed by atoms with van der Waals surface area (Å²) in [5.41, 5.74) is 0. The van der Waals surface area contributed by atoms with Gasteiger partial charge >= 0.3 is 0 Å². The van der Waals surface area contributed by atoms with Gasteiger partial charge in [0.2, 0.25) is 0 Å². The van der Waals surface area contributed by atoms with Gasteiger partial charge in [-0.3, -0.25) is 0 Å². The van der Waals surface area contributed by atoms with E-state index in [2.05, 4.69) is 12.2 Å². The van der Waals surface area contributed by atoms with Crippen molar-refractivity contribution in [1.29, 1.82) is 0 Å². The summed E-state index contributed by atoms with van der Waals surface area (Å²) in [5, 5.41) is 2.88. The molecule has 0 aliphatic carbocycles. The zero-order chi connectivity index (χ0) is 5.28. The summed E-state index contributed by atoms with van der Waals surface area (Å²) >= 11 is 0. The Kier molecular flexibility index (Phi) is 1.28. The molecule has 1 aliphatic heterocycles. The lowest BCUT2D eigenvalue weighted by molar-refractivity contribution is 0.358. The molecular formula is C5H9FN. The van der Waals surface area contributed by atoms with Gasteiger partial charge in [0.05, 0.1) is 0 Å². The second-order valence-corrected chi connectivity index (χ2v) is 1.94. The van der Waals surface area contributed by atoms with Crippen LogP contribution < -0.4 is 5.32 Å². The van der Waals surface area contributed by atoms with E-state index in [9.17, 15) is 4.39 Å². The normalized spacial score (nSPS) is 42.0. The molecule has 1 fully saturated rings. The van der Waals surface area contributed by atoms with E-state index < -0.39 is 6.17 Å². The molecule has 1 N–H and O–H groups in total. The van der Waals surface area contributed by atoms with E-state index >= 15 is 0 Å². The van der Waals surface area contributed by atoms with Crippen LogP contribution in [0.3, 0.4) is 0 Å². The van der Waals surface area contributed by atoms with Crippen LogP contribution in [0.1, 0.15) is 6.42 Å². The molecule has 0 bridgehead atoms. The molecule has 2 heteroatoms. The molecular weight excluding hydrogens is 93.1 g/mol. The average Bonchev–Trinajstić information content (AvgIpc) is 1.87. The molecule has 1 nitrogen and oxygen atoms in total. The second kappa shape index (κ2) is 1.78. The van der Waals surface area contributed by atoms with Crippen molar-refractivity contribution >= 4 is 0 Å². The average molecular weight is 102 g/mol. The van der Waals surface area contributed by atoms with Crippen molar-refractivity contribution in [2.24, 2.45) is 0 Å². The van der Waals surface area contributed by atoms with Crippen LogP contribution in [0.2, 0.25) is 0 Å². The Morgan fingerprint density at radius 1 is 1.71 bits per heavy atom. The van der Waals surface area contributed by atoms with Gasteiger partial charge in [0.1, 0.15) is 6.17 Å². The maximum absolute atomic E-state index is 12.1. The van der Waals surface area contributed by atoms with Crippen LogP contribution in [0.25, 0.3) is 0 Å². The van der Waals surface area contributed by atoms with Crippen molar-refractivity contribution in [2.75, 3.05) is 6.54 Å². The van der Waals surface area contributed by atoms with Crippen molar-refractivity contribution in [3.05, 3.63) is 6.92 Å². The van der Waals surface area contributed by atoms with Gasteiger partial charge in [-0.1, -0.05) is 0 Å². The van der Waals surface area contributed by atoms with Crippen LogP contribution in [0.15, 0.2) is 0 Å². The summed E-state index contributed by atoms with van der Waals surface area (Å²) in [6, 6.07) is 0.148. The molecule has 0 aromatic carbocycles. The van der Waals surface area contributed by atoms with E-state index in [4.69, 9.17) is 0 Å². The topological polar surface area (TPSA) is 12.0 Å². The molecule has 1 aliphatic rings. The Bertz CT molecular complexity index is 57.1. The highest BCUT2D eigenvalue weighted by Gasteiger charge is 2.18. The molecule has 1 heterocycles. The van der Waals surface area contributed by atoms with E-state index in [1.54, 1.807) is 0 Å². The minimum Gasteiger partial charge on any atom is -0.311 e. The zero-order valence-electron chi connectivity index (χ0n) is 4.15. The number of hydrogen-bond donors (Lipinski definition) is 1. The fourth-order valence-corrected chi connectivity index (χ4v) is 0.770. The summed E-state index contributed by atoms with van der Waals surface area (Å²) in [6.45, 7) is 4.13. The van der Waals surface area contributed by atoms with E-state index in [1.165, 1.54) is 0 Å². The molecule has 0 spiro atoms. The smallest absolute Gasteiger partial charge is 0.114 e. The number of nitrogens with one attached hydrogen (secondary N) is 1. The lowest BCUT2D eigenvalue weighted by Gasteiger charge is -1.94. The van der Waals surface area contributed by atoms with Gasteiger partial charge in [0, 0.05) is 12.6 Å². The molecule has 1 saturated heterocycles. The molecule has 7 heavy (non-hydrogen) atoms. The number of alkyl halides is 1. The van der Waals surface area contributed by atoms with E-state index in [1.807, 2.05) is 0 Å². The van der Waals surface area contributed by atoms with Crippen LogP contribution in [0, 0.1) is 6.92 Å². The zero-order valence-corrected chi connectivity index (χ0v) is 4.15. The highest BCUT2D eigenvalue weighted by molar-refractivity contribution is 4.82. The molecule has 2 atom stereocenters. The lowest BCUT2D eigenvalue weighted by atomic mass is 10.2. The second-order valence-electron chi connectivity index (χ2n) is 1.94. The Labute approximate surface area is 42.9 Å². The largest absolute Gasteiger partial charge is 0.311 e. The molecule has 0 saturated carbocycles. The standard InChI is InChI=1S/C5H9FN/c1-4-2-5(6)3-7-4/h4-5,7H,1-3H2. The third kappa shape index (κ3) is 1.13. The first kappa shape index (κ1) is 5.04. The maximum atomic E-state index is 12.1. The minimum atomic E-state index is -0.650. The van der Waals surface area contributed by atoms with Gasteiger partial charge in [0.15, 0.2) is 0 Å². The van der Waals surface area contributed by atoms with Gasteiger partial charge in [0.25, 0.3) is 0 Å². The third-order valence-electron chi connectivity index (χ3n) is 1.17. The van der Waals surface area contributed by atoms with Crippen molar-refractivity contribution in [3.8, 4) is 0 Å². The monoisotopic (exact) mass is 102 g/mol. The fraction of sp³-hybridized carbons (Fsp3) is 0.800. The molecule has 0 aromatic rings. The van der Waals surface area contributed by atoms with Crippen LogP contribution in [-0.4, -0.2) is 18.8 Å². The Balaban J connectivity index is 2.26. The van der Waals surface area contributed by atoms with E-state index in [-0.39, 0.29) is 6.04 Å². The van der Waals surface area contributed by atoms with Gasteiger partial charge in [-0.15, -0.1) is 0 Å². The lowest BCUT2D eigenvalue weighted by Crippen LogP contribution is -2.17. The first-order valence-corrected chi connectivity index (χ1v) is 2.49. The first-order chi connectivity index (χ1) is 3.29. The highest BCUT2D eigenvalue weighted by atomic mass is 19.1. The van der Waals surface area contributed by atoms with E-state index in [0.717, 1.165) is 0 Å². The maximum Gasteiger partial charge on any atom is 0.114 e. The van der Waals surface area contributed by atoms with Crippen LogP contribution in [-0.2, 0) is 0 Å². The summed E-state index contributed by atoms with van der Waals surface area (Å²) in [6.07, 6.45) is -0.0671. The van der Waals surface area contributed by atoms with Gasteiger partial charge in [-0.05, 0) is 13.3 Å².